The van der Waals surface area contributed by atoms with Gasteiger partial charge in [0, 0.05) is 25.3 Å². The van der Waals surface area contributed by atoms with Crippen LogP contribution in [0.3, 0.4) is 0 Å². The minimum atomic E-state index is -0.569. The number of nitro groups is 1. The maximum Gasteiger partial charge on any atom is 0.282 e. The van der Waals surface area contributed by atoms with Gasteiger partial charge >= 0.3 is 0 Å². The summed E-state index contributed by atoms with van der Waals surface area (Å²) in [6, 6.07) is 4.03. The van der Waals surface area contributed by atoms with Gasteiger partial charge in [-0.15, -0.1) is 0 Å². The molecule has 0 aliphatic carbocycles. The second-order valence-corrected chi connectivity index (χ2v) is 4.92. The predicted octanol–water partition coefficient (Wildman–Crippen LogP) is 1.20. The Labute approximate surface area is 118 Å². The number of nitro benzene ring substituents is 1. The Bertz CT molecular complexity index is 502. The van der Waals surface area contributed by atoms with Gasteiger partial charge in [0.05, 0.1) is 4.92 Å². The highest BCUT2D eigenvalue weighted by Gasteiger charge is 2.22. The molecule has 1 aromatic carbocycles. The number of nitrogens with zero attached hydrogens (tertiary/aromatic N) is 3. The molecule has 0 heterocycles. The van der Waals surface area contributed by atoms with Crippen LogP contribution in [0.15, 0.2) is 18.2 Å². The summed E-state index contributed by atoms with van der Waals surface area (Å²) in [5.74, 6) is -0.386. The van der Waals surface area contributed by atoms with Crippen LogP contribution in [-0.4, -0.2) is 54.9 Å². The second kappa shape index (κ2) is 6.85. The van der Waals surface area contributed by atoms with E-state index in [0.717, 1.165) is 13.0 Å². The van der Waals surface area contributed by atoms with Crippen LogP contribution >= 0.6 is 0 Å². The van der Waals surface area contributed by atoms with E-state index >= 15 is 0 Å². The molecule has 0 unspecified atom stereocenters. The Morgan fingerprint density at radius 1 is 1.30 bits per heavy atom. The Morgan fingerprint density at radius 3 is 2.50 bits per heavy atom. The molecule has 0 aromatic heterocycles. The van der Waals surface area contributed by atoms with E-state index in [2.05, 4.69) is 0 Å². The molecule has 0 radical (unpaired) electrons. The van der Waals surface area contributed by atoms with Gasteiger partial charge in [-0.2, -0.15) is 0 Å². The first-order valence-electron chi connectivity index (χ1n) is 6.27. The summed E-state index contributed by atoms with van der Waals surface area (Å²) in [5.41, 5.74) is 5.75. The number of amides is 1. The van der Waals surface area contributed by atoms with Gasteiger partial charge in [0.1, 0.15) is 5.56 Å². The number of benzene rings is 1. The fourth-order valence-corrected chi connectivity index (χ4v) is 1.82. The lowest BCUT2D eigenvalue weighted by atomic mass is 10.1. The number of carbonyl (C=O) groups is 1. The van der Waals surface area contributed by atoms with Gasteiger partial charge in [0.25, 0.3) is 11.6 Å². The SMILES string of the molecule is CN(C)CCCN(C)C(=O)c1cc(N)ccc1[N+](=O)[O-]. The molecule has 1 aromatic rings. The highest BCUT2D eigenvalue weighted by atomic mass is 16.6. The first kappa shape index (κ1) is 15.9. The minimum absolute atomic E-state index is 0.0300. The maximum atomic E-state index is 12.3. The molecule has 7 nitrogen and oxygen atoms in total. The average molecular weight is 280 g/mol. The quantitative estimate of drug-likeness (QED) is 0.480. The summed E-state index contributed by atoms with van der Waals surface area (Å²) in [7, 11) is 5.53. The lowest BCUT2D eigenvalue weighted by Crippen LogP contribution is -2.30. The van der Waals surface area contributed by atoms with Crippen LogP contribution in [0.1, 0.15) is 16.8 Å². The van der Waals surface area contributed by atoms with E-state index in [4.69, 9.17) is 5.73 Å². The molecule has 0 atom stereocenters. The molecule has 7 heteroatoms. The average Bonchev–Trinajstić information content (AvgIpc) is 2.36. The number of carbonyl (C=O) groups excluding carboxylic acids is 1. The summed E-state index contributed by atoms with van der Waals surface area (Å²) in [5, 5.41) is 11.0. The zero-order valence-electron chi connectivity index (χ0n) is 12.0. The number of nitrogen functional groups attached to an aromatic ring is 1. The van der Waals surface area contributed by atoms with Gasteiger partial charge in [-0.05, 0) is 39.2 Å². The topological polar surface area (TPSA) is 92.7 Å². The van der Waals surface area contributed by atoms with Crippen LogP contribution in [0, 0.1) is 10.1 Å². The fraction of sp³-hybridized carbons (Fsp3) is 0.462. The number of hydrogen-bond acceptors (Lipinski definition) is 5. The van der Waals surface area contributed by atoms with Crippen LogP contribution in [0.25, 0.3) is 0 Å². The third-order valence-corrected chi connectivity index (χ3v) is 2.89. The summed E-state index contributed by atoms with van der Waals surface area (Å²) in [6.07, 6.45) is 0.797. The summed E-state index contributed by atoms with van der Waals surface area (Å²) in [4.78, 5) is 26.1. The molecule has 0 bridgehead atoms. The van der Waals surface area contributed by atoms with Gasteiger partial charge in [-0.1, -0.05) is 0 Å². The van der Waals surface area contributed by atoms with Gasteiger partial charge in [0.15, 0.2) is 0 Å². The van der Waals surface area contributed by atoms with Crippen LogP contribution in [0.5, 0.6) is 0 Å². The Kier molecular flexibility index (Phi) is 5.45. The predicted molar refractivity (Wildman–Crippen MR) is 77.6 cm³/mol. The smallest absolute Gasteiger partial charge is 0.282 e. The standard InChI is InChI=1S/C13H20N4O3/c1-15(2)7-4-8-16(3)13(18)11-9-10(14)5-6-12(11)17(19)20/h5-6,9H,4,7-8,14H2,1-3H3. The third kappa shape index (κ3) is 4.20. The van der Waals surface area contributed by atoms with Gasteiger partial charge in [-0.25, -0.2) is 0 Å². The third-order valence-electron chi connectivity index (χ3n) is 2.89. The van der Waals surface area contributed by atoms with E-state index in [1.54, 1.807) is 7.05 Å². The molecule has 1 amide bonds. The van der Waals surface area contributed by atoms with E-state index in [0.29, 0.717) is 12.2 Å². The van der Waals surface area contributed by atoms with Crippen LogP contribution in [0.2, 0.25) is 0 Å². The molecular formula is C13H20N4O3. The molecule has 0 fully saturated rings. The molecular weight excluding hydrogens is 260 g/mol. The molecule has 0 aliphatic heterocycles. The number of nitrogens with two attached hydrogens (primary N) is 1. The van der Waals surface area contributed by atoms with E-state index in [-0.39, 0.29) is 17.2 Å². The van der Waals surface area contributed by atoms with Gasteiger partial charge in [0.2, 0.25) is 0 Å². The Balaban J connectivity index is 2.85. The van der Waals surface area contributed by atoms with Crippen molar-refractivity contribution in [2.45, 2.75) is 6.42 Å². The van der Waals surface area contributed by atoms with Crippen molar-refractivity contribution in [3.8, 4) is 0 Å². The van der Waals surface area contributed by atoms with E-state index in [1.165, 1.54) is 23.1 Å². The second-order valence-electron chi connectivity index (χ2n) is 4.92. The van der Waals surface area contributed by atoms with Crippen molar-refractivity contribution in [1.29, 1.82) is 0 Å². The zero-order valence-corrected chi connectivity index (χ0v) is 12.0. The minimum Gasteiger partial charge on any atom is -0.399 e. The van der Waals surface area contributed by atoms with E-state index in [9.17, 15) is 14.9 Å². The van der Waals surface area contributed by atoms with Crippen molar-refractivity contribution in [2.24, 2.45) is 0 Å². The van der Waals surface area contributed by atoms with Crippen LogP contribution in [-0.2, 0) is 0 Å². The molecule has 20 heavy (non-hydrogen) atoms. The normalized spacial score (nSPS) is 10.6. The van der Waals surface area contributed by atoms with Gasteiger partial charge < -0.3 is 15.5 Å². The maximum absolute atomic E-state index is 12.3. The lowest BCUT2D eigenvalue weighted by molar-refractivity contribution is -0.385. The largest absolute Gasteiger partial charge is 0.399 e. The van der Waals surface area contributed by atoms with Crippen molar-refractivity contribution in [2.75, 3.05) is 40.0 Å². The summed E-state index contributed by atoms with van der Waals surface area (Å²) in [6.45, 7) is 1.37. The molecule has 0 spiro atoms. The molecule has 110 valence electrons. The van der Waals surface area contributed by atoms with Crippen LogP contribution < -0.4 is 5.73 Å². The summed E-state index contributed by atoms with van der Waals surface area (Å²) >= 11 is 0. The molecule has 1 rings (SSSR count). The number of hydrogen-bond donors (Lipinski definition) is 1. The number of anilines is 1. The highest BCUT2D eigenvalue weighted by Crippen LogP contribution is 2.22. The van der Waals surface area contributed by atoms with Crippen LogP contribution in [0.4, 0.5) is 11.4 Å². The summed E-state index contributed by atoms with van der Waals surface area (Å²) < 4.78 is 0. The first-order valence-corrected chi connectivity index (χ1v) is 6.27. The van der Waals surface area contributed by atoms with Crippen molar-refractivity contribution < 1.29 is 9.72 Å². The highest BCUT2D eigenvalue weighted by molar-refractivity contribution is 5.98. The molecule has 2 N–H and O–H groups in total. The first-order chi connectivity index (χ1) is 9.32. The zero-order chi connectivity index (χ0) is 15.3. The number of rotatable bonds is 6. The Hall–Kier alpha value is -2.15. The lowest BCUT2D eigenvalue weighted by Gasteiger charge is -2.18. The van der Waals surface area contributed by atoms with E-state index < -0.39 is 4.92 Å². The monoisotopic (exact) mass is 280 g/mol. The van der Waals surface area contributed by atoms with Crippen molar-refractivity contribution in [3.05, 3.63) is 33.9 Å². The van der Waals surface area contributed by atoms with Crippen molar-refractivity contribution >= 4 is 17.3 Å². The van der Waals surface area contributed by atoms with E-state index in [1.807, 2.05) is 19.0 Å². The van der Waals surface area contributed by atoms with Gasteiger partial charge in [-0.3, -0.25) is 14.9 Å². The molecule has 0 saturated heterocycles. The molecule has 0 aliphatic rings. The molecule has 0 saturated carbocycles. The van der Waals surface area contributed by atoms with Crippen molar-refractivity contribution in [1.82, 2.24) is 9.80 Å². The Morgan fingerprint density at radius 2 is 1.95 bits per heavy atom. The fourth-order valence-electron chi connectivity index (χ4n) is 1.82. The van der Waals surface area contributed by atoms with Crippen molar-refractivity contribution in [3.63, 3.8) is 0 Å².